The topological polar surface area (TPSA) is 127 Å². The first-order valence-electron chi connectivity index (χ1n) is 7.23. The molecule has 0 atom stereocenters. The molecule has 0 saturated heterocycles. The van der Waals surface area contributed by atoms with E-state index >= 15 is 0 Å². The van der Waals surface area contributed by atoms with E-state index in [0.717, 1.165) is 0 Å². The van der Waals surface area contributed by atoms with E-state index in [9.17, 15) is 19.2 Å². The normalized spacial score (nSPS) is 8.96. The van der Waals surface area contributed by atoms with Crippen molar-refractivity contribution in [3.63, 3.8) is 0 Å². The summed E-state index contributed by atoms with van der Waals surface area (Å²) in [7, 11) is 0. The first-order chi connectivity index (χ1) is 12.2. The zero-order chi connectivity index (χ0) is 19.7. The number of carboxylic acids is 2. The van der Waals surface area contributed by atoms with Crippen LogP contribution in [0.5, 0.6) is 11.5 Å². The molecule has 0 heterocycles. The maximum Gasteiger partial charge on any atom is 0.339 e. The molecule has 2 aromatic carbocycles. The summed E-state index contributed by atoms with van der Waals surface area (Å²) in [6, 6.07) is 12.0. The van der Waals surface area contributed by atoms with Gasteiger partial charge in [0.1, 0.15) is 22.6 Å². The summed E-state index contributed by atoms with van der Waals surface area (Å²) in [4.78, 5) is 42.4. The maximum atomic E-state index is 10.6. The van der Waals surface area contributed by atoms with E-state index in [0.29, 0.717) is 0 Å². The van der Waals surface area contributed by atoms with Crippen LogP contribution in [0, 0.1) is 0 Å². The van der Waals surface area contributed by atoms with Crippen LogP contribution < -0.4 is 9.47 Å². The average molecular weight is 400 g/mol. The summed E-state index contributed by atoms with van der Waals surface area (Å²) in [6.45, 7) is 2.44. The van der Waals surface area contributed by atoms with Crippen LogP contribution in [0.1, 0.15) is 34.6 Å². The molecule has 0 unspecified atom stereocenters. The molecule has 9 heteroatoms. The number of hydrogen-bond donors (Lipinski definition) is 2. The molecule has 0 spiro atoms. The Morgan fingerprint density at radius 2 is 0.963 bits per heavy atom. The molecular formula is C18H16CaO8. The van der Waals surface area contributed by atoms with Gasteiger partial charge in [0.25, 0.3) is 0 Å². The Balaban J connectivity index is 0.000000483. The molecule has 0 amide bonds. The fraction of sp³-hybridized carbons (Fsp3) is 0.111. The van der Waals surface area contributed by atoms with Gasteiger partial charge in [-0.3, -0.25) is 9.59 Å². The molecule has 0 aliphatic rings. The van der Waals surface area contributed by atoms with Gasteiger partial charge in [-0.05, 0) is 24.3 Å². The second kappa shape index (κ2) is 12.1. The minimum atomic E-state index is -1.11. The van der Waals surface area contributed by atoms with Crippen molar-refractivity contribution in [3.05, 3.63) is 59.7 Å². The summed E-state index contributed by atoms with van der Waals surface area (Å²) in [5.41, 5.74) is -0.0320. The SMILES string of the molecule is CC(=O)Oc1ccccc1C(=O)O.CC(=O)Oc1ccccc1C(=O)O.[Ca]. The summed E-state index contributed by atoms with van der Waals surface area (Å²) in [6.07, 6.45) is 0. The summed E-state index contributed by atoms with van der Waals surface area (Å²) in [5.74, 6) is -3.15. The van der Waals surface area contributed by atoms with Gasteiger partial charge in [0.15, 0.2) is 0 Å². The second-order valence-electron chi connectivity index (χ2n) is 4.79. The quantitative estimate of drug-likeness (QED) is 0.454. The van der Waals surface area contributed by atoms with Gasteiger partial charge in [0.2, 0.25) is 0 Å². The molecule has 2 aromatic rings. The number of carbonyl (C=O) groups excluding carboxylic acids is 2. The van der Waals surface area contributed by atoms with Gasteiger partial charge in [-0.1, -0.05) is 24.3 Å². The zero-order valence-electron chi connectivity index (χ0n) is 14.7. The van der Waals surface area contributed by atoms with Gasteiger partial charge in [0.05, 0.1) is 0 Å². The van der Waals surface area contributed by atoms with Crippen molar-refractivity contribution in [1.29, 1.82) is 0 Å². The van der Waals surface area contributed by atoms with E-state index in [2.05, 4.69) is 9.47 Å². The fourth-order valence-corrected chi connectivity index (χ4v) is 1.77. The van der Waals surface area contributed by atoms with E-state index < -0.39 is 23.9 Å². The van der Waals surface area contributed by atoms with Crippen LogP contribution >= 0.6 is 0 Å². The van der Waals surface area contributed by atoms with Gasteiger partial charge in [-0.15, -0.1) is 0 Å². The number of carbonyl (C=O) groups is 4. The molecule has 0 bridgehead atoms. The minimum Gasteiger partial charge on any atom is -0.478 e. The Hall–Kier alpha value is -2.42. The van der Waals surface area contributed by atoms with Gasteiger partial charge in [0, 0.05) is 51.6 Å². The molecule has 2 N–H and O–H groups in total. The number of benzene rings is 2. The third-order valence-electron chi connectivity index (χ3n) is 2.74. The van der Waals surface area contributed by atoms with E-state index in [1.807, 2.05) is 0 Å². The second-order valence-corrected chi connectivity index (χ2v) is 4.79. The number of rotatable bonds is 4. The van der Waals surface area contributed by atoms with Crippen molar-refractivity contribution >= 4 is 61.6 Å². The molecule has 0 aliphatic heterocycles. The van der Waals surface area contributed by atoms with E-state index in [1.165, 1.54) is 38.1 Å². The third kappa shape index (κ3) is 8.67. The Kier molecular flexibility index (Phi) is 11.0. The van der Waals surface area contributed by atoms with Gasteiger partial charge in [-0.2, -0.15) is 0 Å². The van der Waals surface area contributed by atoms with Crippen molar-refractivity contribution in [2.45, 2.75) is 13.8 Å². The van der Waals surface area contributed by atoms with Crippen molar-refractivity contribution in [2.75, 3.05) is 0 Å². The number of aromatic carboxylic acids is 2. The van der Waals surface area contributed by atoms with Crippen LogP contribution in [0.15, 0.2) is 48.5 Å². The first-order valence-corrected chi connectivity index (χ1v) is 7.23. The molecule has 0 aliphatic carbocycles. The van der Waals surface area contributed by atoms with Crippen LogP contribution in [0.25, 0.3) is 0 Å². The number of ether oxygens (including phenoxy) is 2. The summed E-state index contributed by atoms with van der Waals surface area (Å²) in [5, 5.41) is 17.4. The summed E-state index contributed by atoms with van der Waals surface area (Å²) >= 11 is 0. The van der Waals surface area contributed by atoms with Gasteiger partial charge < -0.3 is 19.7 Å². The van der Waals surface area contributed by atoms with Crippen LogP contribution in [0.4, 0.5) is 0 Å². The maximum absolute atomic E-state index is 10.6. The summed E-state index contributed by atoms with van der Waals surface area (Å²) < 4.78 is 9.37. The van der Waals surface area contributed by atoms with E-state index in [1.54, 1.807) is 24.3 Å². The van der Waals surface area contributed by atoms with Crippen LogP contribution in [-0.2, 0) is 9.59 Å². The van der Waals surface area contributed by atoms with Crippen LogP contribution in [0.2, 0.25) is 0 Å². The van der Waals surface area contributed by atoms with Crippen molar-refractivity contribution < 1.29 is 38.9 Å². The average Bonchev–Trinajstić information content (AvgIpc) is 2.55. The Morgan fingerprint density at radius 3 is 1.22 bits per heavy atom. The molecule has 0 aromatic heterocycles. The Labute approximate surface area is 184 Å². The number of hydrogen-bond acceptors (Lipinski definition) is 6. The number of esters is 2. The van der Waals surface area contributed by atoms with Crippen molar-refractivity contribution in [2.24, 2.45) is 0 Å². The molecule has 27 heavy (non-hydrogen) atoms. The minimum absolute atomic E-state index is 0. The van der Waals surface area contributed by atoms with Crippen molar-refractivity contribution in [3.8, 4) is 11.5 Å². The monoisotopic (exact) mass is 400 g/mol. The Morgan fingerprint density at radius 1 is 0.667 bits per heavy atom. The zero-order valence-corrected chi connectivity index (χ0v) is 16.9. The fourth-order valence-electron chi connectivity index (χ4n) is 1.77. The molecule has 0 fully saturated rings. The van der Waals surface area contributed by atoms with Crippen LogP contribution in [0.3, 0.4) is 0 Å². The van der Waals surface area contributed by atoms with E-state index in [-0.39, 0.29) is 60.4 Å². The van der Waals surface area contributed by atoms with Gasteiger partial charge in [-0.25, -0.2) is 9.59 Å². The molecule has 8 nitrogen and oxygen atoms in total. The largest absolute Gasteiger partial charge is 0.478 e. The standard InChI is InChI=1S/2C9H8O4.Ca/c2*1-6(10)13-8-5-3-2-4-7(8)9(11)12;/h2*2-5H,1H3,(H,11,12);. The number of carboxylic acid groups (broad SMARTS) is 2. The molecule has 2 radical (unpaired) electrons. The molecule has 138 valence electrons. The van der Waals surface area contributed by atoms with E-state index in [4.69, 9.17) is 10.2 Å². The van der Waals surface area contributed by atoms with Gasteiger partial charge >= 0.3 is 23.9 Å². The van der Waals surface area contributed by atoms with Crippen LogP contribution in [-0.4, -0.2) is 71.8 Å². The Bertz CT molecular complexity index is 762. The molecule has 0 saturated carbocycles. The smallest absolute Gasteiger partial charge is 0.339 e. The predicted octanol–water partition coefficient (Wildman–Crippen LogP) is 2.24. The molecular weight excluding hydrogens is 384 g/mol. The third-order valence-corrected chi connectivity index (χ3v) is 2.74. The molecule has 2 rings (SSSR count). The number of para-hydroxylation sites is 2. The predicted molar refractivity (Wildman–Crippen MR) is 95.2 cm³/mol. The van der Waals surface area contributed by atoms with Crippen molar-refractivity contribution in [1.82, 2.24) is 0 Å². The first kappa shape index (κ1) is 24.6.